The lowest BCUT2D eigenvalue weighted by Gasteiger charge is -2.48. The Balaban J connectivity index is 1.39. The molecule has 0 bridgehead atoms. The van der Waals surface area contributed by atoms with Gasteiger partial charge in [0.05, 0.1) is 38.6 Å². The predicted molar refractivity (Wildman–Crippen MR) is 374 cm³/mol. The van der Waals surface area contributed by atoms with Crippen LogP contribution in [-0.4, -0.2) is 193 Å². The van der Waals surface area contributed by atoms with Crippen molar-refractivity contribution in [2.75, 3.05) is 26.4 Å². The smallest absolute Gasteiger partial charge is 0.220 e. The molecule has 3 rings (SSSR count). The number of allylic oxidation sites excluding steroid dienone is 1. The fourth-order valence-corrected chi connectivity index (χ4v) is 13.7. The van der Waals surface area contributed by atoms with E-state index in [-0.39, 0.29) is 18.9 Å². The third-order valence-electron chi connectivity index (χ3n) is 20.1. The van der Waals surface area contributed by atoms with E-state index in [9.17, 15) is 61.0 Å². The van der Waals surface area contributed by atoms with E-state index < -0.39 is 124 Å². The summed E-state index contributed by atoms with van der Waals surface area (Å²) in [6, 6.07) is -0.970. The molecule has 3 aliphatic rings. The summed E-state index contributed by atoms with van der Waals surface area (Å²) >= 11 is 0. The molecular formula is C76H145NO18. The summed E-state index contributed by atoms with van der Waals surface area (Å²) in [5.74, 6) is -0.267. The maximum absolute atomic E-state index is 13.5. The number of unbranched alkanes of at least 4 members (excludes halogenated alkanes) is 47. The number of ether oxygens (including phenoxy) is 6. The first-order chi connectivity index (χ1) is 46.3. The fourth-order valence-electron chi connectivity index (χ4n) is 13.7. The second kappa shape index (κ2) is 58.1. The quantitative estimate of drug-likeness (QED) is 0.0199. The van der Waals surface area contributed by atoms with Crippen LogP contribution >= 0.6 is 0 Å². The Hall–Kier alpha value is -1.47. The number of rotatable bonds is 63. The van der Waals surface area contributed by atoms with E-state index in [2.05, 4.69) is 19.2 Å². The van der Waals surface area contributed by atoms with Crippen LogP contribution in [0, 0.1) is 0 Å². The summed E-state index contributed by atoms with van der Waals surface area (Å²) in [4.78, 5) is 13.5. The monoisotopic (exact) mass is 1360 g/mol. The molecule has 0 aliphatic carbocycles. The standard InChI is InChI=1S/C76H145NO18/c1-3-5-7-9-11-13-15-17-19-21-23-25-27-28-29-30-32-33-35-37-39-41-43-45-47-49-51-53-60(81)59(77-64(82)54-52-50-48-46-44-42-40-38-36-34-31-26-24-22-20-18-16-14-12-10-8-6-4-2)58-90-74-70(88)67(85)72(62(56-79)92-74)95-76-71(89)68(86)73(63(57-80)93-76)94-75-69(87)66(84)65(83)61(55-78)91-75/h51,53,59-63,65-76,78-81,83-89H,3-50,52,54-58H2,1-2H3,(H,77,82)/b53-51+. The summed E-state index contributed by atoms with van der Waals surface area (Å²) in [6.07, 6.45) is 40.5. The van der Waals surface area contributed by atoms with E-state index in [0.717, 1.165) is 44.9 Å². The first-order valence-electron chi connectivity index (χ1n) is 39.4. The van der Waals surface area contributed by atoms with Gasteiger partial charge in [-0.15, -0.1) is 0 Å². The van der Waals surface area contributed by atoms with Crippen molar-refractivity contribution in [1.29, 1.82) is 0 Å². The molecule has 0 aromatic heterocycles. The molecule has 0 saturated carbocycles. The number of nitrogens with one attached hydrogen (secondary N) is 1. The Kier molecular flexibility index (Phi) is 53.6. The van der Waals surface area contributed by atoms with Crippen LogP contribution < -0.4 is 5.32 Å². The highest BCUT2D eigenvalue weighted by atomic mass is 16.8. The van der Waals surface area contributed by atoms with Crippen molar-refractivity contribution >= 4 is 5.91 Å². The second-order valence-electron chi connectivity index (χ2n) is 28.5. The minimum Gasteiger partial charge on any atom is -0.394 e. The van der Waals surface area contributed by atoms with Crippen LogP contribution in [0.1, 0.15) is 335 Å². The first-order valence-corrected chi connectivity index (χ1v) is 39.4. The maximum Gasteiger partial charge on any atom is 0.220 e. The molecule has 1 amide bonds. The zero-order chi connectivity index (χ0) is 68.9. The number of carbonyl (C=O) groups excluding carboxylic acids is 1. The highest BCUT2D eigenvalue weighted by Crippen LogP contribution is 2.33. The average Bonchev–Trinajstić information content (AvgIpc) is 0.786. The third kappa shape index (κ3) is 39.0. The van der Waals surface area contributed by atoms with Gasteiger partial charge in [0.2, 0.25) is 5.91 Å². The van der Waals surface area contributed by atoms with Crippen molar-refractivity contribution < 1.29 is 89.4 Å². The SMILES string of the molecule is CCCCCCCCCCCCCCCCCCCCCCCCCCC/C=C/C(O)C(COC1OC(CO)C(OC2OC(CO)C(OC3OC(CO)C(O)C(O)C3O)C(O)C2O)C(O)C1O)NC(=O)CCCCCCCCCCCCCCCCCCCCCCCCC. The van der Waals surface area contributed by atoms with Gasteiger partial charge in [-0.25, -0.2) is 0 Å². The van der Waals surface area contributed by atoms with E-state index in [0.29, 0.717) is 6.42 Å². The number of hydrogen-bond acceptors (Lipinski definition) is 18. The molecule has 19 nitrogen and oxygen atoms in total. The zero-order valence-electron chi connectivity index (χ0n) is 59.9. The Bertz CT molecular complexity index is 1770. The van der Waals surface area contributed by atoms with Crippen LogP contribution in [0.4, 0.5) is 0 Å². The van der Waals surface area contributed by atoms with Crippen LogP contribution in [0.2, 0.25) is 0 Å². The molecule has 12 N–H and O–H groups in total. The van der Waals surface area contributed by atoms with Crippen molar-refractivity contribution in [2.24, 2.45) is 0 Å². The van der Waals surface area contributed by atoms with Crippen molar-refractivity contribution in [3.8, 4) is 0 Å². The Morgan fingerprint density at radius 3 is 0.989 bits per heavy atom. The molecule has 95 heavy (non-hydrogen) atoms. The number of amides is 1. The van der Waals surface area contributed by atoms with Gasteiger partial charge in [0.15, 0.2) is 18.9 Å². The summed E-state index contributed by atoms with van der Waals surface area (Å²) in [7, 11) is 0. The average molecular weight is 1360 g/mol. The van der Waals surface area contributed by atoms with Crippen molar-refractivity contribution in [1.82, 2.24) is 5.32 Å². The van der Waals surface area contributed by atoms with E-state index >= 15 is 0 Å². The number of aliphatic hydroxyl groups is 11. The minimum atomic E-state index is -1.98. The van der Waals surface area contributed by atoms with E-state index in [1.807, 2.05) is 6.08 Å². The molecule has 3 heterocycles. The predicted octanol–water partition coefficient (Wildman–Crippen LogP) is 12.4. The Morgan fingerprint density at radius 1 is 0.368 bits per heavy atom. The molecule has 17 unspecified atom stereocenters. The van der Waals surface area contributed by atoms with E-state index in [1.165, 1.54) is 263 Å². The van der Waals surface area contributed by atoms with E-state index in [4.69, 9.17) is 28.4 Å². The summed E-state index contributed by atoms with van der Waals surface area (Å²) in [6.45, 7) is 1.80. The molecule has 0 aromatic rings. The van der Waals surface area contributed by atoms with Crippen LogP contribution in [0.15, 0.2) is 12.2 Å². The molecule has 19 heteroatoms. The third-order valence-corrected chi connectivity index (χ3v) is 20.1. The number of hydrogen-bond donors (Lipinski definition) is 12. The molecule has 17 atom stereocenters. The minimum absolute atomic E-state index is 0.250. The van der Waals surface area contributed by atoms with Crippen LogP contribution in [0.5, 0.6) is 0 Å². The molecule has 0 radical (unpaired) electrons. The highest BCUT2D eigenvalue weighted by Gasteiger charge is 2.53. The highest BCUT2D eigenvalue weighted by molar-refractivity contribution is 5.76. The zero-order valence-corrected chi connectivity index (χ0v) is 59.9. The van der Waals surface area contributed by atoms with Gasteiger partial charge >= 0.3 is 0 Å². The molecular weight excluding hydrogens is 1210 g/mol. The Morgan fingerprint density at radius 2 is 0.653 bits per heavy atom. The molecule has 3 aliphatic heterocycles. The van der Waals surface area contributed by atoms with Gasteiger partial charge in [0, 0.05) is 6.42 Å². The summed E-state index contributed by atoms with van der Waals surface area (Å²) in [5, 5.41) is 121. The van der Waals surface area contributed by atoms with Gasteiger partial charge in [-0.3, -0.25) is 4.79 Å². The summed E-state index contributed by atoms with van der Waals surface area (Å²) in [5.41, 5.74) is 0. The van der Waals surface area contributed by atoms with Crippen molar-refractivity contribution in [2.45, 2.75) is 439 Å². The summed E-state index contributed by atoms with van der Waals surface area (Å²) < 4.78 is 34.5. The molecule has 0 aromatic carbocycles. The normalized spacial score (nSPS) is 27.2. The van der Waals surface area contributed by atoms with Gasteiger partial charge in [-0.1, -0.05) is 321 Å². The topological polar surface area (TPSA) is 307 Å². The second-order valence-corrected chi connectivity index (χ2v) is 28.5. The van der Waals surface area contributed by atoms with Gasteiger partial charge in [0.1, 0.15) is 73.2 Å². The maximum atomic E-state index is 13.5. The van der Waals surface area contributed by atoms with Gasteiger partial charge < -0.3 is 89.9 Å². The van der Waals surface area contributed by atoms with Crippen LogP contribution in [0.3, 0.4) is 0 Å². The molecule has 3 fully saturated rings. The molecule has 562 valence electrons. The molecule has 3 saturated heterocycles. The van der Waals surface area contributed by atoms with Gasteiger partial charge in [0.25, 0.3) is 0 Å². The van der Waals surface area contributed by atoms with Crippen LogP contribution in [-0.2, 0) is 33.2 Å². The van der Waals surface area contributed by atoms with Crippen molar-refractivity contribution in [3.05, 3.63) is 12.2 Å². The van der Waals surface area contributed by atoms with Crippen LogP contribution in [0.25, 0.3) is 0 Å². The van der Waals surface area contributed by atoms with E-state index in [1.54, 1.807) is 6.08 Å². The van der Waals surface area contributed by atoms with Gasteiger partial charge in [-0.05, 0) is 19.3 Å². The Labute approximate surface area is 576 Å². The molecule has 0 spiro atoms. The number of aliphatic hydroxyl groups excluding tert-OH is 11. The van der Waals surface area contributed by atoms with Gasteiger partial charge in [-0.2, -0.15) is 0 Å². The lowest BCUT2D eigenvalue weighted by atomic mass is 9.96. The lowest BCUT2D eigenvalue weighted by molar-refractivity contribution is -0.379. The number of carbonyl (C=O) groups is 1. The first kappa shape index (κ1) is 87.7. The van der Waals surface area contributed by atoms with Crippen molar-refractivity contribution in [3.63, 3.8) is 0 Å². The fraction of sp³-hybridized carbons (Fsp3) is 0.961. The lowest BCUT2D eigenvalue weighted by Crippen LogP contribution is -2.66. The largest absolute Gasteiger partial charge is 0.394 e.